The van der Waals surface area contributed by atoms with Crippen LogP contribution in [0.4, 0.5) is 5.69 Å². The van der Waals surface area contributed by atoms with E-state index in [9.17, 15) is 8.42 Å². The summed E-state index contributed by atoms with van der Waals surface area (Å²) in [6.45, 7) is 1.91. The maximum atomic E-state index is 11.6. The highest BCUT2D eigenvalue weighted by Crippen LogP contribution is 2.26. The molecule has 0 bridgehead atoms. The van der Waals surface area contributed by atoms with E-state index in [-0.39, 0.29) is 11.5 Å². The molecule has 3 rings (SSSR count). The average molecular weight is 324 g/mol. The quantitative estimate of drug-likeness (QED) is 0.815. The van der Waals surface area contributed by atoms with E-state index in [2.05, 4.69) is 22.8 Å². The maximum Gasteiger partial charge on any atom is 0.171 e. The van der Waals surface area contributed by atoms with Gasteiger partial charge in [-0.3, -0.25) is 0 Å². The predicted octanol–water partition coefficient (Wildman–Crippen LogP) is 2.04. The molecule has 4 nitrogen and oxygen atoms in total. The number of thiocarbonyl (C=S) groups is 1. The second-order valence-electron chi connectivity index (χ2n) is 6.32. The van der Waals surface area contributed by atoms with Crippen LogP contribution < -0.4 is 10.6 Å². The summed E-state index contributed by atoms with van der Waals surface area (Å²) < 4.78 is 23.2. The maximum absolute atomic E-state index is 11.6. The van der Waals surface area contributed by atoms with E-state index in [1.807, 2.05) is 13.0 Å². The molecular formula is C15H20N2O2S2. The minimum atomic E-state index is -2.93. The Morgan fingerprint density at radius 3 is 2.76 bits per heavy atom. The number of nitrogens with one attached hydrogen (secondary N) is 2. The topological polar surface area (TPSA) is 58.2 Å². The summed E-state index contributed by atoms with van der Waals surface area (Å²) in [5.74, 6) is 0.379. The van der Waals surface area contributed by atoms with Crippen LogP contribution in [0.1, 0.15) is 30.9 Å². The minimum absolute atomic E-state index is 0.145. The smallest absolute Gasteiger partial charge is 0.171 e. The van der Waals surface area contributed by atoms with Crippen molar-refractivity contribution in [3.8, 4) is 0 Å². The molecule has 6 heteroatoms. The fraction of sp³-hybridized carbons (Fsp3) is 0.533. The highest BCUT2D eigenvalue weighted by molar-refractivity contribution is 7.91. The molecular weight excluding hydrogens is 304 g/mol. The van der Waals surface area contributed by atoms with Crippen LogP contribution in [0, 0.1) is 0 Å². The van der Waals surface area contributed by atoms with Gasteiger partial charge in [-0.05, 0) is 68.1 Å². The van der Waals surface area contributed by atoms with Crippen molar-refractivity contribution in [2.75, 3.05) is 16.8 Å². The SMILES string of the molecule is CC1(NC(=S)Nc2ccc3c(c2)CCC3)CCS(=O)(=O)C1. The van der Waals surface area contributed by atoms with Gasteiger partial charge in [-0.25, -0.2) is 8.42 Å². The Kier molecular flexibility index (Phi) is 3.69. The molecule has 1 atom stereocenters. The lowest BCUT2D eigenvalue weighted by Crippen LogP contribution is -2.48. The zero-order valence-corrected chi connectivity index (χ0v) is 13.7. The van der Waals surface area contributed by atoms with Gasteiger partial charge in [0, 0.05) is 5.69 Å². The van der Waals surface area contributed by atoms with Gasteiger partial charge in [-0.1, -0.05) is 6.07 Å². The van der Waals surface area contributed by atoms with Crippen LogP contribution in [0.15, 0.2) is 18.2 Å². The van der Waals surface area contributed by atoms with E-state index in [4.69, 9.17) is 12.2 Å². The van der Waals surface area contributed by atoms with Gasteiger partial charge < -0.3 is 10.6 Å². The van der Waals surface area contributed by atoms with Crippen molar-refractivity contribution < 1.29 is 8.42 Å². The Bertz CT molecular complexity index is 685. The van der Waals surface area contributed by atoms with Crippen molar-refractivity contribution in [3.05, 3.63) is 29.3 Å². The van der Waals surface area contributed by atoms with E-state index >= 15 is 0 Å². The van der Waals surface area contributed by atoms with E-state index in [1.54, 1.807) is 0 Å². The minimum Gasteiger partial charge on any atom is -0.356 e. The lowest BCUT2D eigenvalue weighted by Gasteiger charge is -2.26. The third-order valence-corrected chi connectivity index (χ3v) is 6.38. The molecule has 0 saturated carbocycles. The first kappa shape index (κ1) is 14.8. The van der Waals surface area contributed by atoms with Gasteiger partial charge in [0.1, 0.15) is 0 Å². The number of hydrogen-bond donors (Lipinski definition) is 2. The fourth-order valence-electron chi connectivity index (χ4n) is 3.20. The first-order valence-corrected chi connectivity index (χ1v) is 9.50. The van der Waals surface area contributed by atoms with E-state index in [0.717, 1.165) is 18.5 Å². The molecule has 114 valence electrons. The molecule has 21 heavy (non-hydrogen) atoms. The fourth-order valence-corrected chi connectivity index (χ4v) is 5.65. The molecule has 1 heterocycles. The Morgan fingerprint density at radius 2 is 2.05 bits per heavy atom. The highest BCUT2D eigenvalue weighted by atomic mass is 32.2. The molecule has 0 aromatic heterocycles. The van der Waals surface area contributed by atoms with Gasteiger partial charge in [0.05, 0.1) is 17.0 Å². The van der Waals surface area contributed by atoms with Gasteiger partial charge in [0.2, 0.25) is 0 Å². The van der Waals surface area contributed by atoms with Crippen LogP contribution in [-0.2, 0) is 22.7 Å². The Hall–Kier alpha value is -1.14. The number of sulfone groups is 1. The first-order valence-electron chi connectivity index (χ1n) is 7.27. The van der Waals surface area contributed by atoms with E-state index in [1.165, 1.54) is 17.5 Å². The molecule has 0 spiro atoms. The summed E-state index contributed by atoms with van der Waals surface area (Å²) >= 11 is 5.33. The number of aryl methyl sites for hydroxylation is 2. The molecule has 1 aromatic carbocycles. The van der Waals surface area contributed by atoms with Crippen LogP contribution >= 0.6 is 12.2 Å². The first-order chi connectivity index (χ1) is 9.85. The average Bonchev–Trinajstić information content (AvgIpc) is 2.92. The Morgan fingerprint density at radius 1 is 1.29 bits per heavy atom. The molecule has 2 aliphatic rings. The Balaban J connectivity index is 1.64. The molecule has 1 aliphatic carbocycles. The van der Waals surface area contributed by atoms with Gasteiger partial charge in [0.25, 0.3) is 0 Å². The second-order valence-corrected chi connectivity index (χ2v) is 8.91. The number of fused-ring (bicyclic) bond motifs is 1. The third kappa shape index (κ3) is 3.37. The largest absolute Gasteiger partial charge is 0.356 e. The lowest BCUT2D eigenvalue weighted by molar-refractivity contribution is 0.474. The normalized spacial score (nSPS) is 26.3. The van der Waals surface area contributed by atoms with Crippen molar-refractivity contribution in [3.63, 3.8) is 0 Å². The number of hydrogen-bond acceptors (Lipinski definition) is 3. The highest BCUT2D eigenvalue weighted by Gasteiger charge is 2.38. The molecule has 1 unspecified atom stereocenters. The molecule has 1 fully saturated rings. The Labute approximate surface area is 131 Å². The van der Waals surface area contributed by atoms with Crippen LogP contribution in [0.2, 0.25) is 0 Å². The summed E-state index contributed by atoms with van der Waals surface area (Å²) in [5.41, 5.74) is 3.32. The summed E-state index contributed by atoms with van der Waals surface area (Å²) in [7, 11) is -2.93. The van der Waals surface area contributed by atoms with Gasteiger partial charge in [0.15, 0.2) is 14.9 Å². The zero-order chi connectivity index (χ0) is 15.1. The van der Waals surface area contributed by atoms with Crippen LogP contribution in [-0.4, -0.2) is 30.6 Å². The summed E-state index contributed by atoms with van der Waals surface area (Å²) in [6.07, 6.45) is 4.11. The third-order valence-electron chi connectivity index (χ3n) is 4.27. The predicted molar refractivity (Wildman–Crippen MR) is 89.5 cm³/mol. The van der Waals surface area contributed by atoms with Crippen molar-refractivity contribution in [2.24, 2.45) is 0 Å². The van der Waals surface area contributed by atoms with E-state index < -0.39 is 15.4 Å². The van der Waals surface area contributed by atoms with Crippen LogP contribution in [0.3, 0.4) is 0 Å². The van der Waals surface area contributed by atoms with Crippen LogP contribution in [0.5, 0.6) is 0 Å². The summed E-state index contributed by atoms with van der Waals surface area (Å²) in [6, 6.07) is 6.32. The summed E-state index contributed by atoms with van der Waals surface area (Å²) in [5, 5.41) is 6.84. The zero-order valence-electron chi connectivity index (χ0n) is 12.1. The molecule has 0 radical (unpaired) electrons. The second kappa shape index (κ2) is 5.25. The van der Waals surface area contributed by atoms with Crippen LogP contribution in [0.25, 0.3) is 0 Å². The summed E-state index contributed by atoms with van der Waals surface area (Å²) in [4.78, 5) is 0. The van der Waals surface area contributed by atoms with Crippen molar-refractivity contribution in [2.45, 2.75) is 38.1 Å². The van der Waals surface area contributed by atoms with Gasteiger partial charge in [-0.15, -0.1) is 0 Å². The van der Waals surface area contributed by atoms with Crippen molar-refractivity contribution >= 4 is 32.9 Å². The molecule has 1 aromatic rings. The molecule has 1 aliphatic heterocycles. The number of rotatable bonds is 2. The van der Waals surface area contributed by atoms with Crippen molar-refractivity contribution in [1.82, 2.24) is 5.32 Å². The van der Waals surface area contributed by atoms with Crippen molar-refractivity contribution in [1.29, 1.82) is 0 Å². The van der Waals surface area contributed by atoms with E-state index in [0.29, 0.717) is 11.5 Å². The molecule has 2 N–H and O–H groups in total. The number of benzene rings is 1. The van der Waals surface area contributed by atoms with Gasteiger partial charge in [-0.2, -0.15) is 0 Å². The lowest BCUT2D eigenvalue weighted by atomic mass is 10.0. The monoisotopic (exact) mass is 324 g/mol. The molecule has 0 amide bonds. The standard InChI is InChI=1S/C15H20N2O2S2/c1-15(7-8-21(18,19)10-15)17-14(20)16-13-6-5-11-3-2-4-12(11)9-13/h5-6,9H,2-4,7-8,10H2,1H3,(H2,16,17,20). The molecule has 1 saturated heterocycles. The number of anilines is 1. The van der Waals surface area contributed by atoms with Gasteiger partial charge >= 0.3 is 0 Å².